The van der Waals surface area contributed by atoms with Crippen LogP contribution in [0.3, 0.4) is 0 Å². The number of rotatable bonds is 6. The van der Waals surface area contributed by atoms with Gasteiger partial charge in [-0.1, -0.05) is 24.6 Å². The molecular weight excluding hydrogens is 324 g/mol. The lowest BCUT2D eigenvalue weighted by molar-refractivity contribution is 0.277. The molecule has 0 aliphatic rings. The van der Waals surface area contributed by atoms with Crippen LogP contribution in [-0.4, -0.2) is 23.2 Å². The van der Waals surface area contributed by atoms with E-state index in [9.17, 15) is 0 Å². The van der Waals surface area contributed by atoms with Gasteiger partial charge >= 0.3 is 0 Å². The smallest absolute Gasteiger partial charge is 0.179 e. The molecular formula is C19H21ClN2O2. The summed E-state index contributed by atoms with van der Waals surface area (Å²) in [5.41, 5.74) is 4.00. The minimum Gasteiger partial charge on any atom is -0.490 e. The lowest BCUT2D eigenvalue weighted by atomic mass is 10.2. The maximum Gasteiger partial charge on any atom is 0.179 e. The number of aromatic nitrogens is 2. The summed E-state index contributed by atoms with van der Waals surface area (Å²) in [6.45, 7) is 7.20. The van der Waals surface area contributed by atoms with Crippen LogP contribution in [0, 0.1) is 6.92 Å². The van der Waals surface area contributed by atoms with Gasteiger partial charge in [-0.2, -0.15) is 0 Å². The molecule has 0 fully saturated rings. The van der Waals surface area contributed by atoms with Crippen molar-refractivity contribution in [2.24, 2.45) is 0 Å². The number of hydrogen-bond donors (Lipinski definition) is 1. The van der Waals surface area contributed by atoms with Gasteiger partial charge in [0.15, 0.2) is 11.5 Å². The molecule has 24 heavy (non-hydrogen) atoms. The molecule has 1 N–H and O–H groups in total. The lowest BCUT2D eigenvalue weighted by Gasteiger charge is -2.14. The number of aryl methyl sites for hydroxylation is 1. The number of fused-ring (bicyclic) bond motifs is 1. The fraction of sp³-hybridized carbons (Fsp3) is 0.316. The second-order valence-corrected chi connectivity index (χ2v) is 6.08. The summed E-state index contributed by atoms with van der Waals surface area (Å²) < 4.78 is 11.5. The number of aromatic amines is 1. The van der Waals surface area contributed by atoms with Crippen molar-refractivity contribution in [1.29, 1.82) is 0 Å². The molecule has 0 aliphatic carbocycles. The van der Waals surface area contributed by atoms with Crippen molar-refractivity contribution in [2.45, 2.75) is 27.2 Å². The quantitative estimate of drug-likeness (QED) is 0.653. The molecule has 0 atom stereocenters. The van der Waals surface area contributed by atoms with Crippen molar-refractivity contribution >= 4 is 22.6 Å². The van der Waals surface area contributed by atoms with Crippen LogP contribution in [0.5, 0.6) is 11.5 Å². The van der Waals surface area contributed by atoms with E-state index in [1.54, 1.807) is 0 Å². The van der Waals surface area contributed by atoms with E-state index in [0.717, 1.165) is 28.8 Å². The van der Waals surface area contributed by atoms with Gasteiger partial charge in [0.1, 0.15) is 5.82 Å². The summed E-state index contributed by atoms with van der Waals surface area (Å²) in [5, 5.41) is 0.529. The molecule has 0 radical (unpaired) electrons. The van der Waals surface area contributed by atoms with Crippen LogP contribution in [0.4, 0.5) is 0 Å². The summed E-state index contributed by atoms with van der Waals surface area (Å²) in [4.78, 5) is 7.99. The number of nitrogens with zero attached hydrogens (tertiary/aromatic N) is 1. The Bertz CT molecular complexity index is 858. The van der Waals surface area contributed by atoms with Gasteiger partial charge in [-0.25, -0.2) is 4.98 Å². The highest BCUT2D eigenvalue weighted by atomic mass is 35.5. The van der Waals surface area contributed by atoms with Crippen LogP contribution in [0.2, 0.25) is 5.02 Å². The third-order valence-corrected chi connectivity index (χ3v) is 3.95. The molecule has 0 spiro atoms. The van der Waals surface area contributed by atoms with Gasteiger partial charge in [0, 0.05) is 5.56 Å². The zero-order chi connectivity index (χ0) is 17.1. The SMILES string of the molecule is CCCOc1c(Cl)cc(-c2nc3ccc(C)cc3[nH]2)cc1OCC. The average Bonchev–Trinajstić information content (AvgIpc) is 2.97. The number of imidazole rings is 1. The maximum atomic E-state index is 6.43. The van der Waals surface area contributed by atoms with Crippen LogP contribution >= 0.6 is 11.6 Å². The monoisotopic (exact) mass is 344 g/mol. The number of H-pyrrole nitrogens is 1. The zero-order valence-corrected chi connectivity index (χ0v) is 14.9. The number of nitrogens with one attached hydrogen (secondary N) is 1. The average molecular weight is 345 g/mol. The molecule has 0 bridgehead atoms. The molecule has 126 valence electrons. The highest BCUT2D eigenvalue weighted by molar-refractivity contribution is 6.32. The Balaban J connectivity index is 2.05. The molecule has 1 aromatic heterocycles. The van der Waals surface area contributed by atoms with Crippen molar-refractivity contribution < 1.29 is 9.47 Å². The second-order valence-electron chi connectivity index (χ2n) is 5.67. The van der Waals surface area contributed by atoms with E-state index in [-0.39, 0.29) is 0 Å². The summed E-state index contributed by atoms with van der Waals surface area (Å²) in [5.74, 6) is 2.00. The van der Waals surface area contributed by atoms with Crippen LogP contribution < -0.4 is 9.47 Å². The predicted molar refractivity (Wildman–Crippen MR) is 98.2 cm³/mol. The first kappa shape index (κ1) is 16.7. The second kappa shape index (κ2) is 7.14. The fourth-order valence-corrected chi connectivity index (χ4v) is 2.84. The normalized spacial score (nSPS) is 11.0. The van der Waals surface area contributed by atoms with E-state index < -0.39 is 0 Å². The van der Waals surface area contributed by atoms with Gasteiger partial charge in [0.25, 0.3) is 0 Å². The molecule has 3 rings (SSSR count). The van der Waals surface area contributed by atoms with Gasteiger partial charge in [-0.3, -0.25) is 0 Å². The third-order valence-electron chi connectivity index (χ3n) is 3.67. The Labute approximate surface area is 146 Å². The van der Waals surface area contributed by atoms with Crippen LogP contribution in [0.25, 0.3) is 22.4 Å². The van der Waals surface area contributed by atoms with E-state index in [4.69, 9.17) is 21.1 Å². The Morgan fingerprint density at radius 1 is 1.12 bits per heavy atom. The van der Waals surface area contributed by atoms with E-state index in [1.165, 1.54) is 5.56 Å². The Morgan fingerprint density at radius 2 is 1.96 bits per heavy atom. The van der Waals surface area contributed by atoms with E-state index >= 15 is 0 Å². The summed E-state index contributed by atoms with van der Waals surface area (Å²) >= 11 is 6.43. The first-order valence-corrected chi connectivity index (χ1v) is 8.56. The Hall–Kier alpha value is -2.20. The van der Waals surface area contributed by atoms with Gasteiger partial charge < -0.3 is 14.5 Å². The molecule has 4 nitrogen and oxygen atoms in total. The minimum atomic E-state index is 0.529. The van der Waals surface area contributed by atoms with Crippen LogP contribution in [0.1, 0.15) is 25.8 Å². The first-order chi connectivity index (χ1) is 11.6. The van der Waals surface area contributed by atoms with Crippen molar-refractivity contribution in [2.75, 3.05) is 13.2 Å². The summed E-state index contributed by atoms with van der Waals surface area (Å²) in [7, 11) is 0. The van der Waals surface area contributed by atoms with Crippen molar-refractivity contribution in [3.8, 4) is 22.9 Å². The molecule has 0 saturated carbocycles. The molecule has 0 saturated heterocycles. The van der Waals surface area contributed by atoms with Crippen LogP contribution in [-0.2, 0) is 0 Å². The van der Waals surface area contributed by atoms with E-state index in [0.29, 0.717) is 29.7 Å². The zero-order valence-electron chi connectivity index (χ0n) is 14.1. The minimum absolute atomic E-state index is 0.529. The fourth-order valence-electron chi connectivity index (χ4n) is 2.57. The number of ether oxygens (including phenoxy) is 2. The maximum absolute atomic E-state index is 6.43. The van der Waals surface area contributed by atoms with Crippen molar-refractivity contribution in [3.63, 3.8) is 0 Å². The number of halogens is 1. The van der Waals surface area contributed by atoms with Crippen LogP contribution in [0.15, 0.2) is 30.3 Å². The van der Waals surface area contributed by atoms with Crippen molar-refractivity contribution in [3.05, 3.63) is 40.9 Å². The number of hydrogen-bond acceptors (Lipinski definition) is 3. The number of benzene rings is 2. The summed E-state index contributed by atoms with van der Waals surface area (Å²) in [6, 6.07) is 9.92. The highest BCUT2D eigenvalue weighted by Crippen LogP contribution is 2.39. The largest absolute Gasteiger partial charge is 0.490 e. The van der Waals surface area contributed by atoms with Gasteiger partial charge in [0.2, 0.25) is 0 Å². The van der Waals surface area contributed by atoms with Crippen molar-refractivity contribution in [1.82, 2.24) is 9.97 Å². The molecule has 3 aromatic rings. The molecule has 1 heterocycles. The highest BCUT2D eigenvalue weighted by Gasteiger charge is 2.15. The van der Waals surface area contributed by atoms with E-state index in [1.807, 2.05) is 31.2 Å². The Kier molecular flexibility index (Phi) is 4.95. The molecule has 0 unspecified atom stereocenters. The lowest BCUT2D eigenvalue weighted by Crippen LogP contribution is -2.01. The molecule has 0 amide bonds. The third kappa shape index (κ3) is 3.34. The topological polar surface area (TPSA) is 47.1 Å². The molecule has 5 heteroatoms. The van der Waals surface area contributed by atoms with Gasteiger partial charge in [-0.15, -0.1) is 0 Å². The van der Waals surface area contributed by atoms with Gasteiger partial charge in [-0.05, 0) is 50.1 Å². The van der Waals surface area contributed by atoms with Gasteiger partial charge in [0.05, 0.1) is 29.3 Å². The predicted octanol–water partition coefficient (Wildman–Crippen LogP) is 5.38. The standard InChI is InChI=1S/C19H21ClN2O2/c1-4-8-24-18-14(20)10-13(11-17(18)23-5-2)19-21-15-7-6-12(3)9-16(15)22-19/h6-7,9-11H,4-5,8H2,1-3H3,(H,21,22). The Morgan fingerprint density at radius 3 is 2.71 bits per heavy atom. The first-order valence-electron chi connectivity index (χ1n) is 8.18. The summed E-state index contributed by atoms with van der Waals surface area (Å²) in [6.07, 6.45) is 0.909. The van der Waals surface area contributed by atoms with E-state index in [2.05, 4.69) is 29.9 Å². The molecule has 2 aromatic carbocycles. The molecule has 0 aliphatic heterocycles.